The second kappa shape index (κ2) is 7.74. The molecule has 2 aromatic heterocycles. The lowest BCUT2D eigenvalue weighted by molar-refractivity contribution is 0.128. The van der Waals surface area contributed by atoms with Gasteiger partial charge in [-0.3, -0.25) is 4.68 Å². The zero-order valence-electron chi connectivity index (χ0n) is 17.7. The third-order valence-corrected chi connectivity index (χ3v) is 6.48. The maximum Gasteiger partial charge on any atom is 0.319 e. The minimum Gasteiger partial charge on any atom is -0.339 e. The SMILES string of the molecule is Cc1nn(C)c2ccc(-c3noc(C4CCN(C(=O)N5CCCCC5)CC4)n3)cc12. The predicted octanol–water partition coefficient (Wildman–Crippen LogP) is 3.72. The smallest absolute Gasteiger partial charge is 0.319 e. The highest BCUT2D eigenvalue weighted by molar-refractivity contribution is 5.85. The number of piperidine rings is 2. The molecule has 2 saturated heterocycles. The van der Waals surface area contributed by atoms with E-state index in [0.717, 1.165) is 74.0 Å². The highest BCUT2D eigenvalue weighted by atomic mass is 16.5. The van der Waals surface area contributed by atoms with Crippen molar-refractivity contribution in [2.24, 2.45) is 7.05 Å². The molecule has 8 nitrogen and oxygen atoms in total. The van der Waals surface area contributed by atoms with Crippen molar-refractivity contribution in [3.05, 3.63) is 29.8 Å². The number of likely N-dealkylation sites (tertiary alicyclic amines) is 2. The lowest BCUT2D eigenvalue weighted by Gasteiger charge is -2.36. The average molecular weight is 409 g/mol. The van der Waals surface area contributed by atoms with Crippen LogP contribution >= 0.6 is 0 Å². The number of hydrogen-bond donors (Lipinski definition) is 0. The number of rotatable bonds is 2. The van der Waals surface area contributed by atoms with Crippen molar-refractivity contribution >= 4 is 16.9 Å². The molecule has 2 aliphatic heterocycles. The first-order valence-electron chi connectivity index (χ1n) is 10.9. The van der Waals surface area contributed by atoms with E-state index in [4.69, 9.17) is 4.52 Å². The van der Waals surface area contributed by atoms with Crippen LogP contribution in [0, 0.1) is 6.92 Å². The van der Waals surface area contributed by atoms with E-state index >= 15 is 0 Å². The van der Waals surface area contributed by atoms with Gasteiger partial charge in [-0.25, -0.2) is 4.79 Å². The largest absolute Gasteiger partial charge is 0.339 e. The van der Waals surface area contributed by atoms with Crippen LogP contribution in [0.5, 0.6) is 0 Å². The Balaban J connectivity index is 1.26. The van der Waals surface area contributed by atoms with Crippen LogP contribution in [0.25, 0.3) is 22.3 Å². The Morgan fingerprint density at radius 1 is 1.07 bits per heavy atom. The molecule has 0 bridgehead atoms. The van der Waals surface area contributed by atoms with Crippen LogP contribution in [0.1, 0.15) is 49.6 Å². The second-order valence-electron chi connectivity index (χ2n) is 8.49. The van der Waals surface area contributed by atoms with Gasteiger partial charge < -0.3 is 14.3 Å². The number of carbonyl (C=O) groups is 1. The molecule has 2 amide bonds. The topological polar surface area (TPSA) is 80.3 Å². The standard InChI is InChI=1S/C22H28N6O2/c1-15-18-14-17(6-7-19(18)26(2)24-15)20-23-21(30-25-20)16-8-12-28(13-9-16)22(29)27-10-4-3-5-11-27/h6-7,14,16H,3-5,8-13H2,1-2H3. The number of amides is 2. The van der Waals surface area contributed by atoms with Crippen LogP contribution in [-0.4, -0.2) is 61.9 Å². The zero-order valence-corrected chi connectivity index (χ0v) is 17.7. The van der Waals surface area contributed by atoms with Crippen LogP contribution in [0.4, 0.5) is 4.79 Å². The molecule has 4 heterocycles. The van der Waals surface area contributed by atoms with E-state index in [2.05, 4.69) is 21.3 Å². The first-order chi connectivity index (χ1) is 14.6. The molecule has 1 aromatic carbocycles. The molecule has 158 valence electrons. The normalized spacial score (nSPS) is 18.3. The maximum absolute atomic E-state index is 12.7. The minimum atomic E-state index is 0.194. The fourth-order valence-corrected chi connectivity index (χ4v) is 4.70. The van der Waals surface area contributed by atoms with Gasteiger partial charge in [0.2, 0.25) is 11.7 Å². The van der Waals surface area contributed by atoms with Gasteiger partial charge in [-0.05, 0) is 57.2 Å². The second-order valence-corrected chi connectivity index (χ2v) is 8.49. The predicted molar refractivity (Wildman–Crippen MR) is 113 cm³/mol. The third kappa shape index (κ3) is 3.44. The molecule has 2 aliphatic rings. The van der Waals surface area contributed by atoms with Crippen molar-refractivity contribution in [2.75, 3.05) is 26.2 Å². The van der Waals surface area contributed by atoms with Crippen molar-refractivity contribution < 1.29 is 9.32 Å². The molecule has 0 N–H and O–H groups in total. The summed E-state index contributed by atoms with van der Waals surface area (Å²) < 4.78 is 7.51. The molecule has 0 spiro atoms. The minimum absolute atomic E-state index is 0.194. The number of aromatic nitrogens is 4. The Bertz CT molecular complexity index is 1060. The first-order valence-corrected chi connectivity index (χ1v) is 10.9. The molecule has 0 saturated carbocycles. The van der Waals surface area contributed by atoms with Crippen molar-refractivity contribution in [2.45, 2.75) is 44.9 Å². The molecule has 0 atom stereocenters. The van der Waals surface area contributed by atoms with E-state index in [1.54, 1.807) is 0 Å². The lowest BCUT2D eigenvalue weighted by Crippen LogP contribution is -2.48. The van der Waals surface area contributed by atoms with Gasteiger partial charge in [0.25, 0.3) is 0 Å². The Kier molecular flexibility index (Phi) is 4.92. The molecular formula is C22H28N6O2. The summed E-state index contributed by atoms with van der Waals surface area (Å²) in [5, 5.41) is 9.81. The highest BCUT2D eigenvalue weighted by Gasteiger charge is 2.30. The monoisotopic (exact) mass is 408 g/mol. The summed E-state index contributed by atoms with van der Waals surface area (Å²) in [5.41, 5.74) is 3.01. The molecule has 0 radical (unpaired) electrons. The average Bonchev–Trinajstić information content (AvgIpc) is 3.39. The van der Waals surface area contributed by atoms with E-state index in [-0.39, 0.29) is 11.9 Å². The van der Waals surface area contributed by atoms with E-state index in [1.807, 2.05) is 40.6 Å². The van der Waals surface area contributed by atoms with E-state index in [1.165, 1.54) is 6.42 Å². The summed E-state index contributed by atoms with van der Waals surface area (Å²) >= 11 is 0. The van der Waals surface area contributed by atoms with Gasteiger partial charge >= 0.3 is 6.03 Å². The summed E-state index contributed by atoms with van der Waals surface area (Å²) in [5.74, 6) is 1.50. The highest BCUT2D eigenvalue weighted by Crippen LogP contribution is 2.30. The van der Waals surface area contributed by atoms with Crippen LogP contribution in [0.15, 0.2) is 22.7 Å². The van der Waals surface area contributed by atoms with Crippen LogP contribution in [-0.2, 0) is 7.05 Å². The number of fused-ring (bicyclic) bond motifs is 1. The number of benzene rings is 1. The number of aryl methyl sites for hydroxylation is 2. The van der Waals surface area contributed by atoms with Gasteiger partial charge in [-0.1, -0.05) is 5.16 Å². The van der Waals surface area contributed by atoms with E-state index in [9.17, 15) is 4.79 Å². The number of urea groups is 1. The van der Waals surface area contributed by atoms with Gasteiger partial charge in [0, 0.05) is 50.1 Å². The summed E-state index contributed by atoms with van der Waals surface area (Å²) in [6, 6.07) is 6.33. The van der Waals surface area contributed by atoms with Crippen molar-refractivity contribution in [1.82, 2.24) is 29.7 Å². The number of carbonyl (C=O) groups excluding carboxylic acids is 1. The summed E-state index contributed by atoms with van der Waals surface area (Å²) in [6.45, 7) is 5.29. The Labute approximate surface area is 175 Å². The number of hydrogen-bond acceptors (Lipinski definition) is 5. The van der Waals surface area contributed by atoms with E-state index in [0.29, 0.717) is 11.7 Å². The van der Waals surface area contributed by atoms with Gasteiger partial charge in [-0.2, -0.15) is 10.1 Å². The fraction of sp³-hybridized carbons (Fsp3) is 0.545. The van der Waals surface area contributed by atoms with Gasteiger partial charge in [0.05, 0.1) is 11.2 Å². The molecule has 5 rings (SSSR count). The molecule has 30 heavy (non-hydrogen) atoms. The molecule has 3 aromatic rings. The maximum atomic E-state index is 12.7. The number of nitrogens with zero attached hydrogens (tertiary/aromatic N) is 6. The Morgan fingerprint density at radius 3 is 2.57 bits per heavy atom. The quantitative estimate of drug-likeness (QED) is 0.646. The lowest BCUT2D eigenvalue weighted by atomic mass is 9.97. The fourth-order valence-electron chi connectivity index (χ4n) is 4.70. The summed E-state index contributed by atoms with van der Waals surface area (Å²) in [4.78, 5) is 21.4. The van der Waals surface area contributed by atoms with Crippen molar-refractivity contribution in [3.8, 4) is 11.4 Å². The Morgan fingerprint density at radius 2 is 1.80 bits per heavy atom. The van der Waals surface area contributed by atoms with Crippen LogP contribution in [0.3, 0.4) is 0 Å². The Hall–Kier alpha value is -2.90. The zero-order chi connectivity index (χ0) is 20.7. The van der Waals surface area contributed by atoms with Gasteiger partial charge in [-0.15, -0.1) is 0 Å². The first kappa shape index (κ1) is 19.1. The molecular weight excluding hydrogens is 380 g/mol. The van der Waals surface area contributed by atoms with E-state index < -0.39 is 0 Å². The molecule has 0 aliphatic carbocycles. The molecule has 0 unspecified atom stereocenters. The summed E-state index contributed by atoms with van der Waals surface area (Å²) in [7, 11) is 1.95. The van der Waals surface area contributed by atoms with Gasteiger partial charge in [0.1, 0.15) is 0 Å². The van der Waals surface area contributed by atoms with Crippen molar-refractivity contribution in [1.29, 1.82) is 0 Å². The van der Waals surface area contributed by atoms with Crippen LogP contribution < -0.4 is 0 Å². The molecule has 8 heteroatoms. The molecule has 2 fully saturated rings. The van der Waals surface area contributed by atoms with Crippen molar-refractivity contribution in [3.63, 3.8) is 0 Å². The summed E-state index contributed by atoms with van der Waals surface area (Å²) in [6.07, 6.45) is 5.21. The third-order valence-electron chi connectivity index (χ3n) is 6.48. The van der Waals surface area contributed by atoms with Crippen LogP contribution in [0.2, 0.25) is 0 Å². The van der Waals surface area contributed by atoms with Gasteiger partial charge in [0.15, 0.2) is 0 Å².